The van der Waals surface area contributed by atoms with Crippen molar-refractivity contribution in [3.05, 3.63) is 58.7 Å². The smallest absolute Gasteiger partial charge is 0.116 e. The molecule has 2 nitrogen and oxygen atoms in total. The van der Waals surface area contributed by atoms with Crippen molar-refractivity contribution >= 4 is 5.69 Å². The van der Waals surface area contributed by atoms with Gasteiger partial charge in [0.25, 0.3) is 0 Å². The van der Waals surface area contributed by atoms with Crippen molar-refractivity contribution in [3.63, 3.8) is 0 Å². The normalized spacial score (nSPS) is 23.2. The van der Waals surface area contributed by atoms with Crippen LogP contribution >= 0.6 is 0 Å². The second-order valence-electron chi connectivity index (χ2n) is 5.36. The summed E-state index contributed by atoms with van der Waals surface area (Å²) in [5, 5.41) is 13.4. The molecule has 2 aromatic rings. The maximum Gasteiger partial charge on any atom is 0.116 e. The molecule has 2 aliphatic rings. The molecule has 0 radical (unpaired) electrons. The van der Waals surface area contributed by atoms with Gasteiger partial charge >= 0.3 is 0 Å². The van der Waals surface area contributed by atoms with Gasteiger partial charge in [-0.3, -0.25) is 0 Å². The molecule has 4 rings (SSSR count). The van der Waals surface area contributed by atoms with Crippen LogP contribution in [0.2, 0.25) is 0 Å². The van der Waals surface area contributed by atoms with Crippen LogP contribution < -0.4 is 5.32 Å². The summed E-state index contributed by atoms with van der Waals surface area (Å²) in [5.41, 5.74) is 6.46. The quantitative estimate of drug-likeness (QED) is 0.690. The molecule has 1 heterocycles. The average Bonchev–Trinajstić information content (AvgIpc) is 2.85. The van der Waals surface area contributed by atoms with Gasteiger partial charge in [-0.05, 0) is 47.7 Å². The lowest BCUT2D eigenvalue weighted by atomic mass is 9.92. The molecule has 2 heteroatoms. The van der Waals surface area contributed by atoms with Crippen LogP contribution in [0.25, 0.3) is 0 Å². The third-order valence-corrected chi connectivity index (χ3v) is 4.25. The van der Waals surface area contributed by atoms with E-state index < -0.39 is 0 Å². The molecule has 18 heavy (non-hydrogen) atoms. The van der Waals surface area contributed by atoms with Crippen molar-refractivity contribution in [2.24, 2.45) is 0 Å². The van der Waals surface area contributed by atoms with E-state index in [2.05, 4.69) is 36.5 Å². The lowest BCUT2D eigenvalue weighted by molar-refractivity contribution is 0.474. The number of hydrogen-bond acceptors (Lipinski definition) is 2. The first kappa shape index (κ1) is 10.0. The Bertz CT molecular complexity index is 648. The highest BCUT2D eigenvalue weighted by atomic mass is 16.3. The molecule has 1 aliphatic heterocycles. The fourth-order valence-electron chi connectivity index (χ4n) is 3.54. The van der Waals surface area contributed by atoms with Crippen molar-refractivity contribution in [3.8, 4) is 5.75 Å². The van der Waals surface area contributed by atoms with E-state index in [1.54, 1.807) is 0 Å². The zero-order valence-electron chi connectivity index (χ0n) is 10.3. The van der Waals surface area contributed by atoms with Gasteiger partial charge in [0, 0.05) is 17.6 Å². The van der Waals surface area contributed by atoms with Crippen molar-refractivity contribution in [2.75, 3.05) is 5.32 Å². The minimum atomic E-state index is 0.373. The number of hydrogen-bond donors (Lipinski definition) is 2. The first-order chi connectivity index (χ1) is 8.74. The number of rotatable bonds is 0. The lowest BCUT2D eigenvalue weighted by Gasteiger charge is -2.11. The van der Waals surface area contributed by atoms with Gasteiger partial charge in [-0.15, -0.1) is 0 Å². The van der Waals surface area contributed by atoms with E-state index in [4.69, 9.17) is 0 Å². The van der Waals surface area contributed by atoms with E-state index in [1.165, 1.54) is 22.4 Å². The van der Waals surface area contributed by atoms with Gasteiger partial charge in [-0.2, -0.15) is 0 Å². The van der Waals surface area contributed by atoms with Gasteiger partial charge in [0.15, 0.2) is 0 Å². The Labute approximate surface area is 106 Å². The summed E-state index contributed by atoms with van der Waals surface area (Å²) < 4.78 is 0. The molecule has 1 aliphatic carbocycles. The number of phenolic OH excluding ortho intramolecular Hbond substituents is 1. The second-order valence-corrected chi connectivity index (χ2v) is 5.36. The summed E-state index contributed by atoms with van der Waals surface area (Å²) in [6, 6.07) is 12.9. The standard InChI is InChI=1S/C16H15NO/c1-9-6-11(18)8-13-15-12-5-3-2-4-10(12)7-14(15)17-16(9)13/h2-6,8,14-15,17-18H,7H2,1H3/t14-,15-/m1/s1. The van der Waals surface area contributed by atoms with Crippen molar-refractivity contribution in [1.82, 2.24) is 0 Å². The predicted octanol–water partition coefficient (Wildman–Crippen LogP) is 3.18. The van der Waals surface area contributed by atoms with Crippen LogP contribution in [-0.2, 0) is 6.42 Å². The summed E-state index contributed by atoms with van der Waals surface area (Å²) in [7, 11) is 0. The molecule has 0 aromatic heterocycles. The molecule has 2 N–H and O–H groups in total. The van der Waals surface area contributed by atoms with Crippen LogP contribution in [0.1, 0.15) is 28.2 Å². The zero-order valence-corrected chi connectivity index (χ0v) is 10.3. The third kappa shape index (κ3) is 1.18. The van der Waals surface area contributed by atoms with Crippen LogP contribution in [0.3, 0.4) is 0 Å². The SMILES string of the molecule is Cc1cc(O)cc2c1N[C@@H]1Cc3ccccc3[C@H]21. The topological polar surface area (TPSA) is 32.3 Å². The van der Waals surface area contributed by atoms with Crippen molar-refractivity contribution in [2.45, 2.75) is 25.3 Å². The minimum absolute atomic E-state index is 0.373. The van der Waals surface area contributed by atoms with E-state index >= 15 is 0 Å². The molecular formula is C16H15NO. The third-order valence-electron chi connectivity index (χ3n) is 4.25. The number of phenols is 1. The van der Waals surface area contributed by atoms with Crippen molar-refractivity contribution < 1.29 is 5.11 Å². The first-order valence-electron chi connectivity index (χ1n) is 6.42. The number of aryl methyl sites for hydroxylation is 1. The van der Waals surface area contributed by atoms with E-state index in [9.17, 15) is 5.11 Å². The molecule has 0 saturated carbocycles. The zero-order chi connectivity index (χ0) is 12.3. The van der Waals surface area contributed by atoms with Gasteiger partial charge in [0.2, 0.25) is 0 Å². The summed E-state index contributed by atoms with van der Waals surface area (Å²) in [4.78, 5) is 0. The van der Waals surface area contributed by atoms with Crippen LogP contribution in [0.5, 0.6) is 5.75 Å². The van der Waals surface area contributed by atoms with Crippen LogP contribution in [0, 0.1) is 6.92 Å². The molecule has 0 bridgehead atoms. The lowest BCUT2D eigenvalue weighted by Crippen LogP contribution is -2.17. The Morgan fingerprint density at radius 3 is 2.89 bits per heavy atom. The number of nitrogens with one attached hydrogen (secondary N) is 1. The second kappa shape index (κ2) is 3.29. The van der Waals surface area contributed by atoms with Crippen molar-refractivity contribution in [1.29, 1.82) is 0 Å². The Kier molecular flexibility index (Phi) is 1.83. The number of aromatic hydroxyl groups is 1. The minimum Gasteiger partial charge on any atom is -0.508 e. The maximum atomic E-state index is 9.82. The summed E-state index contributed by atoms with van der Waals surface area (Å²) in [5.74, 6) is 0.778. The first-order valence-corrected chi connectivity index (χ1v) is 6.42. The molecule has 0 fully saturated rings. The van der Waals surface area contributed by atoms with E-state index in [0.717, 1.165) is 12.0 Å². The van der Waals surface area contributed by atoms with Crippen LogP contribution in [0.15, 0.2) is 36.4 Å². The maximum absolute atomic E-state index is 9.82. The van der Waals surface area contributed by atoms with E-state index in [0.29, 0.717) is 17.7 Å². The Balaban J connectivity index is 1.94. The summed E-state index contributed by atoms with van der Waals surface area (Å²) in [6.07, 6.45) is 1.08. The van der Waals surface area contributed by atoms with Gasteiger partial charge in [-0.1, -0.05) is 24.3 Å². The Morgan fingerprint density at radius 2 is 2.00 bits per heavy atom. The molecule has 0 amide bonds. The average molecular weight is 237 g/mol. The monoisotopic (exact) mass is 237 g/mol. The van der Waals surface area contributed by atoms with Gasteiger partial charge in [0.1, 0.15) is 5.75 Å². The number of benzene rings is 2. The molecule has 2 atom stereocenters. The van der Waals surface area contributed by atoms with Crippen LogP contribution in [0.4, 0.5) is 5.69 Å². The van der Waals surface area contributed by atoms with E-state index in [-0.39, 0.29) is 0 Å². The predicted molar refractivity (Wildman–Crippen MR) is 72.2 cm³/mol. The highest BCUT2D eigenvalue weighted by molar-refractivity contribution is 5.70. The fourth-order valence-corrected chi connectivity index (χ4v) is 3.54. The molecule has 2 aromatic carbocycles. The molecular weight excluding hydrogens is 222 g/mol. The largest absolute Gasteiger partial charge is 0.508 e. The Hall–Kier alpha value is -1.96. The summed E-state index contributed by atoms with van der Waals surface area (Å²) >= 11 is 0. The number of fused-ring (bicyclic) bond motifs is 5. The van der Waals surface area contributed by atoms with E-state index in [1.807, 2.05) is 12.1 Å². The molecule has 0 unspecified atom stereocenters. The molecule has 0 spiro atoms. The number of anilines is 1. The highest BCUT2D eigenvalue weighted by Crippen LogP contribution is 2.49. The van der Waals surface area contributed by atoms with Gasteiger partial charge in [-0.25, -0.2) is 0 Å². The van der Waals surface area contributed by atoms with Gasteiger partial charge in [0.05, 0.1) is 0 Å². The molecule has 90 valence electrons. The Morgan fingerprint density at radius 1 is 1.17 bits per heavy atom. The van der Waals surface area contributed by atoms with Crippen LogP contribution in [-0.4, -0.2) is 11.1 Å². The fraction of sp³-hybridized carbons (Fsp3) is 0.250. The van der Waals surface area contributed by atoms with Gasteiger partial charge < -0.3 is 10.4 Å². The highest BCUT2D eigenvalue weighted by Gasteiger charge is 2.40. The summed E-state index contributed by atoms with van der Waals surface area (Å²) in [6.45, 7) is 2.05. The molecule has 0 saturated heterocycles.